The van der Waals surface area contributed by atoms with Gasteiger partial charge in [-0.2, -0.15) is 0 Å². The van der Waals surface area contributed by atoms with Crippen LogP contribution in [0.15, 0.2) is 30.3 Å². The molecule has 2 aliphatic rings. The molecule has 0 aliphatic heterocycles. The van der Waals surface area contributed by atoms with Gasteiger partial charge in [0.05, 0.1) is 0 Å². The number of nitrogens with two attached hydrogens (primary N) is 1. The lowest BCUT2D eigenvalue weighted by Crippen LogP contribution is -2.50. The molecule has 0 aromatic heterocycles. The Morgan fingerprint density at radius 1 is 1.20 bits per heavy atom. The summed E-state index contributed by atoms with van der Waals surface area (Å²) in [5.74, 6) is 1.52. The Balaban J connectivity index is 1.56. The molecule has 1 amide bonds. The van der Waals surface area contributed by atoms with Gasteiger partial charge in [0.25, 0.3) is 0 Å². The number of benzene rings is 1. The van der Waals surface area contributed by atoms with Gasteiger partial charge in [0.1, 0.15) is 0 Å². The number of carbonyl (C=O) groups is 1. The van der Waals surface area contributed by atoms with Gasteiger partial charge in [0.2, 0.25) is 5.91 Å². The molecule has 1 aromatic rings. The van der Waals surface area contributed by atoms with Crippen LogP contribution in [0.25, 0.3) is 0 Å². The van der Waals surface area contributed by atoms with E-state index < -0.39 is 0 Å². The molecular formula is C22H34N2O. The minimum absolute atomic E-state index is 0.0549. The maximum Gasteiger partial charge on any atom is 0.223 e. The second-order valence-corrected chi connectivity index (χ2v) is 9.06. The van der Waals surface area contributed by atoms with Gasteiger partial charge in [-0.15, -0.1) is 0 Å². The van der Waals surface area contributed by atoms with Crippen LogP contribution in [0.3, 0.4) is 0 Å². The van der Waals surface area contributed by atoms with Crippen molar-refractivity contribution < 1.29 is 4.79 Å². The number of fused-ring (bicyclic) bond motifs is 2. The summed E-state index contributed by atoms with van der Waals surface area (Å²) in [5, 5.41) is 3.30. The Morgan fingerprint density at radius 2 is 1.80 bits per heavy atom. The molecule has 3 atom stereocenters. The Bertz CT molecular complexity index is 569. The van der Waals surface area contributed by atoms with Gasteiger partial charge in [-0.25, -0.2) is 0 Å². The molecule has 0 heterocycles. The Kier molecular flexibility index (Phi) is 5.52. The summed E-state index contributed by atoms with van der Waals surface area (Å²) >= 11 is 0. The lowest BCUT2D eigenvalue weighted by atomic mass is 9.65. The highest BCUT2D eigenvalue weighted by Crippen LogP contribution is 2.42. The van der Waals surface area contributed by atoms with Gasteiger partial charge in [-0.3, -0.25) is 4.79 Å². The largest absolute Gasteiger partial charge is 0.353 e. The molecule has 0 spiro atoms. The first-order valence-corrected chi connectivity index (χ1v) is 9.98. The van der Waals surface area contributed by atoms with E-state index in [1.807, 2.05) is 0 Å². The summed E-state index contributed by atoms with van der Waals surface area (Å²) in [5.41, 5.74) is 7.75. The molecule has 2 aliphatic carbocycles. The minimum atomic E-state index is 0.0549. The quantitative estimate of drug-likeness (QED) is 0.849. The second-order valence-electron chi connectivity index (χ2n) is 9.06. The lowest BCUT2D eigenvalue weighted by molar-refractivity contribution is -0.128. The zero-order valence-electron chi connectivity index (χ0n) is 16.0. The van der Waals surface area contributed by atoms with E-state index >= 15 is 0 Å². The van der Waals surface area contributed by atoms with Crippen LogP contribution in [-0.2, 0) is 10.2 Å². The third-order valence-electron chi connectivity index (χ3n) is 6.54. The van der Waals surface area contributed by atoms with Crippen molar-refractivity contribution in [2.75, 3.05) is 0 Å². The van der Waals surface area contributed by atoms with Gasteiger partial charge in [0, 0.05) is 18.0 Å². The first-order valence-electron chi connectivity index (χ1n) is 9.98. The molecule has 1 aromatic carbocycles. The first kappa shape index (κ1) is 18.4. The van der Waals surface area contributed by atoms with Crippen LogP contribution >= 0.6 is 0 Å². The summed E-state index contributed by atoms with van der Waals surface area (Å²) in [6.07, 6.45) is 6.62. The second kappa shape index (κ2) is 7.49. The van der Waals surface area contributed by atoms with E-state index in [1.54, 1.807) is 0 Å². The molecule has 138 valence electrons. The molecule has 3 nitrogen and oxygen atoms in total. The van der Waals surface area contributed by atoms with E-state index in [2.05, 4.69) is 56.4 Å². The highest BCUT2D eigenvalue weighted by atomic mass is 16.1. The van der Waals surface area contributed by atoms with Crippen LogP contribution < -0.4 is 11.1 Å². The van der Waals surface area contributed by atoms with Crippen LogP contribution in [0.5, 0.6) is 0 Å². The van der Waals surface area contributed by atoms with E-state index in [4.69, 9.17) is 5.73 Å². The fourth-order valence-corrected chi connectivity index (χ4v) is 5.19. The van der Waals surface area contributed by atoms with Crippen molar-refractivity contribution in [2.24, 2.45) is 23.5 Å². The third-order valence-corrected chi connectivity index (χ3v) is 6.54. The van der Waals surface area contributed by atoms with Crippen LogP contribution in [0.4, 0.5) is 0 Å². The fraction of sp³-hybridized carbons (Fsp3) is 0.682. The topological polar surface area (TPSA) is 55.1 Å². The normalized spacial score (nSPS) is 30.6. The highest BCUT2D eigenvalue weighted by Gasteiger charge is 2.40. The fourth-order valence-electron chi connectivity index (χ4n) is 5.19. The van der Waals surface area contributed by atoms with Crippen molar-refractivity contribution in [1.29, 1.82) is 0 Å². The van der Waals surface area contributed by atoms with E-state index in [-0.39, 0.29) is 23.3 Å². The van der Waals surface area contributed by atoms with Crippen LogP contribution in [0, 0.1) is 17.8 Å². The van der Waals surface area contributed by atoms with Crippen LogP contribution in [0.2, 0.25) is 0 Å². The van der Waals surface area contributed by atoms with Crippen molar-refractivity contribution in [1.82, 2.24) is 5.32 Å². The molecule has 0 saturated heterocycles. The molecule has 25 heavy (non-hydrogen) atoms. The van der Waals surface area contributed by atoms with E-state index in [0.717, 1.165) is 19.3 Å². The molecule has 3 rings (SSSR count). The number of rotatable bonds is 5. The van der Waals surface area contributed by atoms with Gasteiger partial charge in [-0.05, 0) is 61.8 Å². The average Bonchev–Trinajstić information content (AvgIpc) is 2.54. The summed E-state index contributed by atoms with van der Waals surface area (Å²) in [6, 6.07) is 11.1. The molecule has 2 saturated carbocycles. The zero-order chi connectivity index (χ0) is 18.0. The molecule has 3 N–H and O–H groups in total. The summed E-state index contributed by atoms with van der Waals surface area (Å²) in [4.78, 5) is 12.8. The summed E-state index contributed by atoms with van der Waals surface area (Å²) < 4.78 is 0. The SMILES string of the molecule is CC(CC(C)(C)c1ccccc1)NC(=O)C1CC2CCCC(C1)C2N. The van der Waals surface area contributed by atoms with E-state index in [9.17, 15) is 4.79 Å². The number of amides is 1. The molecule has 3 unspecified atom stereocenters. The highest BCUT2D eigenvalue weighted by molar-refractivity contribution is 5.79. The van der Waals surface area contributed by atoms with Gasteiger partial charge in [0.15, 0.2) is 0 Å². The number of hydrogen-bond donors (Lipinski definition) is 2. The van der Waals surface area contributed by atoms with Gasteiger partial charge in [-0.1, -0.05) is 50.6 Å². The van der Waals surface area contributed by atoms with Crippen LogP contribution in [0.1, 0.15) is 64.9 Å². The zero-order valence-corrected chi connectivity index (χ0v) is 16.0. The van der Waals surface area contributed by atoms with Crippen molar-refractivity contribution in [3.05, 3.63) is 35.9 Å². The number of carbonyl (C=O) groups excluding carboxylic acids is 1. The Labute approximate surface area is 152 Å². The maximum absolute atomic E-state index is 12.8. The maximum atomic E-state index is 12.8. The van der Waals surface area contributed by atoms with Gasteiger partial charge >= 0.3 is 0 Å². The molecular weight excluding hydrogens is 308 g/mol. The molecule has 0 radical (unpaired) electrons. The van der Waals surface area contributed by atoms with Crippen molar-refractivity contribution in [2.45, 2.75) is 76.8 Å². The Hall–Kier alpha value is -1.35. The van der Waals surface area contributed by atoms with Crippen molar-refractivity contribution in [3.63, 3.8) is 0 Å². The number of nitrogens with one attached hydrogen (secondary N) is 1. The minimum Gasteiger partial charge on any atom is -0.353 e. The molecule has 3 heteroatoms. The molecule has 2 fully saturated rings. The van der Waals surface area contributed by atoms with Crippen LogP contribution in [-0.4, -0.2) is 18.0 Å². The summed E-state index contributed by atoms with van der Waals surface area (Å²) in [7, 11) is 0. The Morgan fingerprint density at radius 3 is 2.40 bits per heavy atom. The van der Waals surface area contributed by atoms with E-state index in [1.165, 1.54) is 24.8 Å². The number of hydrogen-bond acceptors (Lipinski definition) is 2. The monoisotopic (exact) mass is 342 g/mol. The van der Waals surface area contributed by atoms with Crippen molar-refractivity contribution >= 4 is 5.91 Å². The first-order chi connectivity index (χ1) is 11.9. The smallest absolute Gasteiger partial charge is 0.223 e. The third kappa shape index (κ3) is 4.25. The standard InChI is InChI=1S/C22H34N2O/c1-15(14-22(2,3)19-10-5-4-6-11-19)24-21(25)18-12-16-8-7-9-17(13-18)20(16)23/h4-6,10-11,15-18,20H,7-9,12-14,23H2,1-3H3,(H,24,25). The summed E-state index contributed by atoms with van der Waals surface area (Å²) in [6.45, 7) is 6.65. The predicted molar refractivity (Wildman–Crippen MR) is 103 cm³/mol. The molecule has 2 bridgehead atoms. The van der Waals surface area contributed by atoms with Crippen molar-refractivity contribution in [3.8, 4) is 0 Å². The van der Waals surface area contributed by atoms with Gasteiger partial charge < -0.3 is 11.1 Å². The lowest BCUT2D eigenvalue weighted by Gasteiger charge is -2.43. The predicted octanol–water partition coefficient (Wildman–Crippen LogP) is 4.01. The average molecular weight is 343 g/mol. The van der Waals surface area contributed by atoms with E-state index in [0.29, 0.717) is 17.9 Å².